The van der Waals surface area contributed by atoms with Gasteiger partial charge in [-0.15, -0.1) is 0 Å². The Bertz CT molecular complexity index is 653. The molecule has 5 nitrogen and oxygen atoms in total. The third kappa shape index (κ3) is 3.42. The number of benzene rings is 1. The van der Waals surface area contributed by atoms with Crippen molar-refractivity contribution in [1.29, 1.82) is 0 Å². The molecule has 23 heavy (non-hydrogen) atoms. The Morgan fingerprint density at radius 1 is 1.22 bits per heavy atom. The lowest BCUT2D eigenvalue weighted by atomic mass is 9.93. The van der Waals surface area contributed by atoms with Crippen LogP contribution < -0.4 is 0 Å². The van der Waals surface area contributed by atoms with E-state index in [0.717, 1.165) is 5.56 Å². The van der Waals surface area contributed by atoms with Gasteiger partial charge in [-0.25, -0.2) is 12.8 Å². The molecule has 0 spiro atoms. The molecular formula is C16H23FN2O3S. The van der Waals surface area contributed by atoms with E-state index in [1.807, 2.05) is 24.0 Å². The molecule has 0 aromatic heterocycles. The quantitative estimate of drug-likeness (QED) is 0.816. The van der Waals surface area contributed by atoms with Gasteiger partial charge in [0.15, 0.2) is 0 Å². The summed E-state index contributed by atoms with van der Waals surface area (Å²) >= 11 is 0. The Labute approximate surface area is 137 Å². The van der Waals surface area contributed by atoms with Gasteiger partial charge in [-0.2, -0.15) is 4.31 Å². The van der Waals surface area contributed by atoms with Crippen molar-refractivity contribution in [3.05, 3.63) is 29.8 Å². The average Bonchev–Trinajstić information content (AvgIpc) is 2.54. The fourth-order valence-corrected chi connectivity index (χ4v) is 4.77. The second-order valence-corrected chi connectivity index (χ2v) is 8.18. The molecule has 1 aromatic carbocycles. The Kier molecular flexibility index (Phi) is 4.73. The highest BCUT2D eigenvalue weighted by Crippen LogP contribution is 2.31. The number of sulfonamides is 1. The first-order chi connectivity index (χ1) is 10.9. The minimum absolute atomic E-state index is 0.328. The molecule has 1 aromatic rings. The summed E-state index contributed by atoms with van der Waals surface area (Å²) in [6.45, 7) is 4.65. The van der Waals surface area contributed by atoms with Crippen molar-refractivity contribution in [3.8, 4) is 0 Å². The van der Waals surface area contributed by atoms with Gasteiger partial charge in [-0.05, 0) is 18.1 Å². The minimum Gasteiger partial charge on any atom is -0.379 e. The predicted molar refractivity (Wildman–Crippen MR) is 85.4 cm³/mol. The summed E-state index contributed by atoms with van der Waals surface area (Å²) in [5.41, 5.74) is -0.380. The molecule has 0 N–H and O–H groups in total. The SMILES string of the molecule is CCC1(F)CN(Cc2ccccc2S(=O)(=O)N2CCOCC2)C1. The third-order valence-corrected chi connectivity index (χ3v) is 6.60. The maximum atomic E-state index is 14.0. The van der Waals surface area contributed by atoms with E-state index in [0.29, 0.717) is 57.3 Å². The molecule has 3 rings (SSSR count). The second kappa shape index (κ2) is 6.47. The third-order valence-electron chi connectivity index (χ3n) is 4.60. The average molecular weight is 342 g/mol. The van der Waals surface area contributed by atoms with Crippen LogP contribution in [-0.2, 0) is 21.3 Å². The first-order valence-corrected chi connectivity index (χ1v) is 9.46. The van der Waals surface area contributed by atoms with Crippen molar-refractivity contribution in [2.24, 2.45) is 0 Å². The van der Waals surface area contributed by atoms with E-state index in [1.54, 1.807) is 12.1 Å². The van der Waals surface area contributed by atoms with Gasteiger partial charge in [0, 0.05) is 32.7 Å². The summed E-state index contributed by atoms with van der Waals surface area (Å²) in [5.74, 6) is 0. The summed E-state index contributed by atoms with van der Waals surface area (Å²) in [7, 11) is -3.52. The molecular weight excluding hydrogens is 319 g/mol. The summed E-state index contributed by atoms with van der Waals surface area (Å²) in [6, 6.07) is 7.02. The van der Waals surface area contributed by atoms with Gasteiger partial charge in [-0.1, -0.05) is 25.1 Å². The summed E-state index contributed by atoms with van der Waals surface area (Å²) in [5, 5.41) is 0. The molecule has 2 heterocycles. The van der Waals surface area contributed by atoms with Crippen LogP contribution in [0.4, 0.5) is 4.39 Å². The molecule has 2 saturated heterocycles. The van der Waals surface area contributed by atoms with Gasteiger partial charge >= 0.3 is 0 Å². The first kappa shape index (κ1) is 16.8. The van der Waals surface area contributed by atoms with E-state index in [9.17, 15) is 12.8 Å². The van der Waals surface area contributed by atoms with E-state index in [1.165, 1.54) is 4.31 Å². The monoisotopic (exact) mass is 342 g/mol. The van der Waals surface area contributed by atoms with Crippen LogP contribution in [0, 0.1) is 0 Å². The summed E-state index contributed by atoms with van der Waals surface area (Å²) in [6.07, 6.45) is 0.497. The van der Waals surface area contributed by atoms with Crippen LogP contribution >= 0.6 is 0 Å². The predicted octanol–water partition coefficient (Wildman–Crippen LogP) is 1.64. The summed E-state index contributed by atoms with van der Waals surface area (Å²) in [4.78, 5) is 2.28. The van der Waals surface area contributed by atoms with Gasteiger partial charge in [0.25, 0.3) is 0 Å². The maximum Gasteiger partial charge on any atom is 0.243 e. The number of nitrogens with zero attached hydrogens (tertiary/aromatic N) is 2. The van der Waals surface area contributed by atoms with E-state index >= 15 is 0 Å². The molecule has 2 aliphatic rings. The van der Waals surface area contributed by atoms with Crippen molar-refractivity contribution < 1.29 is 17.5 Å². The van der Waals surface area contributed by atoms with Gasteiger partial charge in [0.2, 0.25) is 10.0 Å². The summed E-state index contributed by atoms with van der Waals surface area (Å²) < 4.78 is 46.4. The lowest BCUT2D eigenvalue weighted by Crippen LogP contribution is -2.57. The van der Waals surface area contributed by atoms with Gasteiger partial charge in [0.1, 0.15) is 5.67 Å². The number of morpholine rings is 1. The van der Waals surface area contributed by atoms with Crippen LogP contribution in [-0.4, -0.2) is 62.7 Å². The molecule has 0 amide bonds. The highest BCUT2D eigenvalue weighted by Gasteiger charge is 2.42. The van der Waals surface area contributed by atoms with Crippen molar-refractivity contribution in [1.82, 2.24) is 9.21 Å². The Hall–Kier alpha value is -1.02. The molecule has 0 radical (unpaired) electrons. The highest BCUT2D eigenvalue weighted by atomic mass is 32.2. The minimum atomic E-state index is -3.52. The Balaban J connectivity index is 1.78. The topological polar surface area (TPSA) is 49.9 Å². The number of alkyl halides is 1. The fourth-order valence-electron chi connectivity index (χ4n) is 3.14. The van der Waals surface area contributed by atoms with Gasteiger partial charge in [0.05, 0.1) is 18.1 Å². The molecule has 0 unspecified atom stereocenters. The number of halogens is 1. The first-order valence-electron chi connectivity index (χ1n) is 8.02. The molecule has 0 atom stereocenters. The standard InChI is InChI=1S/C16H23FN2O3S/c1-2-16(17)12-18(13-16)11-14-5-3-4-6-15(14)23(20,21)19-7-9-22-10-8-19/h3-6H,2,7-13H2,1H3. The van der Waals surface area contributed by atoms with Gasteiger partial charge in [-0.3, -0.25) is 4.90 Å². The zero-order chi connectivity index (χ0) is 16.5. The Morgan fingerprint density at radius 2 is 1.87 bits per heavy atom. The molecule has 2 aliphatic heterocycles. The fraction of sp³-hybridized carbons (Fsp3) is 0.625. The van der Waals surface area contributed by atoms with Crippen LogP contribution in [0.15, 0.2) is 29.2 Å². The molecule has 0 bridgehead atoms. The molecule has 0 saturated carbocycles. The van der Waals surface area contributed by atoms with Crippen LogP contribution in [0.25, 0.3) is 0 Å². The van der Waals surface area contributed by atoms with E-state index in [-0.39, 0.29) is 0 Å². The number of hydrogen-bond donors (Lipinski definition) is 0. The molecule has 7 heteroatoms. The lowest BCUT2D eigenvalue weighted by Gasteiger charge is -2.44. The highest BCUT2D eigenvalue weighted by molar-refractivity contribution is 7.89. The normalized spacial score (nSPS) is 22.7. The number of rotatable bonds is 5. The van der Waals surface area contributed by atoms with Crippen molar-refractivity contribution in [2.75, 3.05) is 39.4 Å². The van der Waals surface area contributed by atoms with Crippen LogP contribution in [0.2, 0.25) is 0 Å². The molecule has 128 valence electrons. The maximum absolute atomic E-state index is 14.0. The van der Waals surface area contributed by atoms with E-state index < -0.39 is 15.7 Å². The smallest absolute Gasteiger partial charge is 0.243 e. The lowest BCUT2D eigenvalue weighted by molar-refractivity contribution is -0.0397. The molecule has 2 fully saturated rings. The van der Waals surface area contributed by atoms with Crippen molar-refractivity contribution in [2.45, 2.75) is 30.5 Å². The van der Waals surface area contributed by atoms with Crippen LogP contribution in [0.3, 0.4) is 0 Å². The zero-order valence-electron chi connectivity index (χ0n) is 13.4. The second-order valence-electron chi connectivity index (χ2n) is 6.27. The van der Waals surface area contributed by atoms with E-state index in [4.69, 9.17) is 4.74 Å². The van der Waals surface area contributed by atoms with Crippen LogP contribution in [0.1, 0.15) is 18.9 Å². The van der Waals surface area contributed by atoms with Crippen molar-refractivity contribution >= 4 is 10.0 Å². The largest absolute Gasteiger partial charge is 0.379 e. The molecule has 0 aliphatic carbocycles. The van der Waals surface area contributed by atoms with Crippen LogP contribution in [0.5, 0.6) is 0 Å². The van der Waals surface area contributed by atoms with Gasteiger partial charge < -0.3 is 4.74 Å². The Morgan fingerprint density at radius 3 is 2.52 bits per heavy atom. The number of hydrogen-bond acceptors (Lipinski definition) is 4. The number of ether oxygens (including phenoxy) is 1. The zero-order valence-corrected chi connectivity index (χ0v) is 14.2. The van der Waals surface area contributed by atoms with E-state index in [2.05, 4.69) is 0 Å². The van der Waals surface area contributed by atoms with Crippen molar-refractivity contribution in [3.63, 3.8) is 0 Å². The number of likely N-dealkylation sites (tertiary alicyclic amines) is 1.